The summed E-state index contributed by atoms with van der Waals surface area (Å²) in [6.45, 7) is 1.67. The quantitative estimate of drug-likeness (QED) is 0.657. The first-order chi connectivity index (χ1) is 8.45. The molecular weight excluding hydrogens is 238 g/mol. The van der Waals surface area contributed by atoms with E-state index in [1.54, 1.807) is 13.0 Å². The molecule has 1 rings (SSSR count). The molecule has 0 aliphatic carbocycles. The number of rotatable bonds is 6. The maximum Gasteiger partial charge on any atom is 0.328 e. The van der Waals surface area contributed by atoms with Crippen LogP contribution in [0.4, 0.5) is 5.82 Å². The molecule has 0 saturated heterocycles. The van der Waals surface area contributed by atoms with Crippen LogP contribution in [0.25, 0.3) is 0 Å². The van der Waals surface area contributed by atoms with Crippen LogP contribution in [0.15, 0.2) is 12.1 Å². The number of hydrogen-bond donors (Lipinski definition) is 3. The summed E-state index contributed by atoms with van der Waals surface area (Å²) >= 11 is 0. The fraction of sp³-hybridized carbons (Fsp3) is 0.364. The first-order valence-corrected chi connectivity index (χ1v) is 5.21. The van der Waals surface area contributed by atoms with Crippen molar-refractivity contribution in [3.8, 4) is 0 Å². The number of hydrogen-bond acceptors (Lipinski definition) is 5. The highest BCUT2D eigenvalue weighted by molar-refractivity contribution is 5.98. The Labute approximate surface area is 104 Å². The van der Waals surface area contributed by atoms with Gasteiger partial charge in [-0.05, 0) is 19.1 Å². The molecule has 1 aromatic heterocycles. The minimum absolute atomic E-state index is 0.0524. The lowest BCUT2D eigenvalue weighted by atomic mass is 10.2. The number of methoxy groups -OCH3 is 1. The van der Waals surface area contributed by atoms with E-state index in [9.17, 15) is 9.59 Å². The SMILES string of the molecule is COCC(Nc1nc(C)ccc1C(N)=O)C(=O)O. The third kappa shape index (κ3) is 3.42. The minimum atomic E-state index is -1.10. The van der Waals surface area contributed by atoms with Gasteiger partial charge in [0.1, 0.15) is 11.9 Å². The van der Waals surface area contributed by atoms with Crippen molar-refractivity contribution in [2.45, 2.75) is 13.0 Å². The van der Waals surface area contributed by atoms with E-state index in [1.807, 2.05) is 0 Å². The molecule has 98 valence electrons. The molecular formula is C11H15N3O4. The van der Waals surface area contributed by atoms with Gasteiger partial charge >= 0.3 is 5.97 Å². The Bertz CT molecular complexity index is 462. The molecule has 0 saturated carbocycles. The summed E-state index contributed by atoms with van der Waals surface area (Å²) in [5, 5.41) is 11.6. The highest BCUT2D eigenvalue weighted by Crippen LogP contribution is 2.14. The Morgan fingerprint density at radius 2 is 2.22 bits per heavy atom. The second-order valence-corrected chi connectivity index (χ2v) is 3.70. The Balaban J connectivity index is 3.03. The molecule has 7 heteroatoms. The van der Waals surface area contributed by atoms with Gasteiger partial charge in [-0.2, -0.15) is 0 Å². The number of primary amides is 1. The molecule has 7 nitrogen and oxygen atoms in total. The number of carbonyl (C=O) groups is 2. The second kappa shape index (κ2) is 5.97. The first kappa shape index (κ1) is 13.9. The smallest absolute Gasteiger partial charge is 0.328 e. The first-order valence-electron chi connectivity index (χ1n) is 5.21. The Kier molecular flexibility index (Phi) is 4.61. The van der Waals surface area contributed by atoms with Gasteiger partial charge in [0, 0.05) is 12.8 Å². The predicted octanol–water partition coefficient (Wildman–Crippen LogP) is 0.000420. The highest BCUT2D eigenvalue weighted by atomic mass is 16.5. The number of carboxylic acid groups (broad SMARTS) is 1. The Hall–Kier alpha value is -2.15. The maximum absolute atomic E-state index is 11.2. The molecule has 0 bridgehead atoms. The standard InChI is InChI=1S/C11H15N3O4/c1-6-3-4-7(9(12)15)10(13-6)14-8(5-18-2)11(16)17/h3-4,8H,5H2,1-2H3,(H2,12,15)(H,13,14)(H,16,17). The number of ether oxygens (including phenoxy) is 1. The van der Waals surface area contributed by atoms with Crippen molar-refractivity contribution in [1.29, 1.82) is 0 Å². The number of amides is 1. The van der Waals surface area contributed by atoms with E-state index < -0.39 is 17.9 Å². The highest BCUT2D eigenvalue weighted by Gasteiger charge is 2.20. The van der Waals surface area contributed by atoms with Gasteiger partial charge in [-0.25, -0.2) is 9.78 Å². The summed E-state index contributed by atoms with van der Waals surface area (Å²) in [6, 6.07) is 2.12. The van der Waals surface area contributed by atoms with Crippen LogP contribution in [0.3, 0.4) is 0 Å². The molecule has 18 heavy (non-hydrogen) atoms. The summed E-state index contributed by atoms with van der Waals surface area (Å²) < 4.78 is 4.78. The molecule has 1 atom stereocenters. The van der Waals surface area contributed by atoms with Gasteiger partial charge in [0.2, 0.25) is 0 Å². The number of nitrogens with one attached hydrogen (secondary N) is 1. The van der Waals surface area contributed by atoms with Crippen molar-refractivity contribution < 1.29 is 19.4 Å². The molecule has 4 N–H and O–H groups in total. The van der Waals surface area contributed by atoms with Crippen LogP contribution >= 0.6 is 0 Å². The van der Waals surface area contributed by atoms with Gasteiger partial charge in [0.15, 0.2) is 0 Å². The third-order valence-electron chi connectivity index (χ3n) is 2.24. The number of nitrogens with two attached hydrogens (primary N) is 1. The van der Waals surface area contributed by atoms with E-state index in [0.717, 1.165) is 0 Å². The van der Waals surface area contributed by atoms with Crippen molar-refractivity contribution >= 4 is 17.7 Å². The predicted molar refractivity (Wildman–Crippen MR) is 64.4 cm³/mol. The molecule has 1 unspecified atom stereocenters. The van der Waals surface area contributed by atoms with Crippen LogP contribution in [-0.2, 0) is 9.53 Å². The molecule has 0 aliphatic heterocycles. The van der Waals surface area contributed by atoms with Crippen LogP contribution in [0.1, 0.15) is 16.1 Å². The van der Waals surface area contributed by atoms with E-state index in [0.29, 0.717) is 5.69 Å². The van der Waals surface area contributed by atoms with Gasteiger partial charge in [-0.15, -0.1) is 0 Å². The molecule has 0 fully saturated rings. The summed E-state index contributed by atoms with van der Waals surface area (Å²) in [4.78, 5) is 26.2. The largest absolute Gasteiger partial charge is 0.480 e. The number of nitrogens with zero attached hydrogens (tertiary/aromatic N) is 1. The average Bonchev–Trinajstić information content (AvgIpc) is 2.28. The zero-order chi connectivity index (χ0) is 13.7. The molecule has 1 amide bonds. The number of anilines is 1. The van der Waals surface area contributed by atoms with Gasteiger partial charge in [-0.3, -0.25) is 4.79 Å². The van der Waals surface area contributed by atoms with Crippen molar-refractivity contribution in [2.75, 3.05) is 19.0 Å². The van der Waals surface area contributed by atoms with Gasteiger partial charge < -0.3 is 20.9 Å². The van der Waals surface area contributed by atoms with Gasteiger partial charge in [0.25, 0.3) is 5.91 Å². The monoisotopic (exact) mass is 253 g/mol. The normalized spacial score (nSPS) is 11.9. The summed E-state index contributed by atoms with van der Waals surface area (Å²) in [5.74, 6) is -1.63. The lowest BCUT2D eigenvalue weighted by molar-refractivity contribution is -0.139. The topological polar surface area (TPSA) is 115 Å². The third-order valence-corrected chi connectivity index (χ3v) is 2.24. The van der Waals surface area contributed by atoms with Gasteiger partial charge in [-0.1, -0.05) is 0 Å². The molecule has 0 aliphatic rings. The number of aromatic nitrogens is 1. The maximum atomic E-state index is 11.2. The fourth-order valence-electron chi connectivity index (χ4n) is 1.37. The molecule has 1 heterocycles. The van der Waals surface area contributed by atoms with E-state index in [-0.39, 0.29) is 18.0 Å². The van der Waals surface area contributed by atoms with Crippen LogP contribution in [0, 0.1) is 6.92 Å². The van der Waals surface area contributed by atoms with E-state index in [4.69, 9.17) is 15.6 Å². The number of pyridine rings is 1. The van der Waals surface area contributed by atoms with Crippen LogP contribution in [0.2, 0.25) is 0 Å². The number of aliphatic carboxylic acids is 1. The van der Waals surface area contributed by atoms with Crippen molar-refractivity contribution in [2.24, 2.45) is 5.73 Å². The lowest BCUT2D eigenvalue weighted by Crippen LogP contribution is -2.35. The molecule has 0 spiro atoms. The zero-order valence-electron chi connectivity index (χ0n) is 10.1. The number of carbonyl (C=O) groups excluding carboxylic acids is 1. The second-order valence-electron chi connectivity index (χ2n) is 3.70. The van der Waals surface area contributed by atoms with Crippen molar-refractivity contribution in [3.05, 3.63) is 23.4 Å². The Morgan fingerprint density at radius 1 is 1.56 bits per heavy atom. The number of aryl methyl sites for hydroxylation is 1. The van der Waals surface area contributed by atoms with E-state index >= 15 is 0 Å². The van der Waals surface area contributed by atoms with E-state index in [1.165, 1.54) is 13.2 Å². The summed E-state index contributed by atoms with van der Waals surface area (Å²) in [6.07, 6.45) is 0. The minimum Gasteiger partial charge on any atom is -0.480 e. The van der Waals surface area contributed by atoms with Crippen molar-refractivity contribution in [1.82, 2.24) is 4.98 Å². The summed E-state index contributed by atoms with van der Waals surface area (Å²) in [7, 11) is 1.39. The molecule has 0 radical (unpaired) electrons. The molecule has 1 aromatic rings. The van der Waals surface area contributed by atoms with Gasteiger partial charge in [0.05, 0.1) is 12.2 Å². The fourth-order valence-corrected chi connectivity index (χ4v) is 1.37. The lowest BCUT2D eigenvalue weighted by Gasteiger charge is -2.16. The Morgan fingerprint density at radius 3 is 2.72 bits per heavy atom. The number of carboxylic acids is 1. The van der Waals surface area contributed by atoms with Crippen LogP contribution in [0.5, 0.6) is 0 Å². The van der Waals surface area contributed by atoms with Crippen LogP contribution in [-0.4, -0.2) is 41.7 Å². The van der Waals surface area contributed by atoms with Crippen molar-refractivity contribution in [3.63, 3.8) is 0 Å². The average molecular weight is 253 g/mol. The van der Waals surface area contributed by atoms with Crippen LogP contribution < -0.4 is 11.1 Å². The van der Waals surface area contributed by atoms with E-state index in [2.05, 4.69) is 10.3 Å². The molecule has 0 aromatic carbocycles. The zero-order valence-corrected chi connectivity index (χ0v) is 10.1. The summed E-state index contributed by atoms with van der Waals surface area (Å²) in [5.41, 5.74) is 5.98.